The van der Waals surface area contributed by atoms with Crippen molar-refractivity contribution in [1.82, 2.24) is 10.2 Å². The quantitative estimate of drug-likeness (QED) is 0.860. The fraction of sp³-hybridized carbons (Fsp3) is 0.600. The van der Waals surface area contributed by atoms with Crippen molar-refractivity contribution >= 4 is 11.8 Å². The molecule has 1 aromatic carbocycles. The van der Waals surface area contributed by atoms with Gasteiger partial charge in [-0.2, -0.15) is 0 Å². The number of piperidine rings is 1. The zero-order valence-corrected chi connectivity index (χ0v) is 15.7. The number of hydrogen-bond acceptors (Lipinski definition) is 3. The van der Waals surface area contributed by atoms with Gasteiger partial charge in [0, 0.05) is 18.7 Å². The molecule has 1 fully saturated rings. The Labute approximate surface area is 150 Å². The zero-order valence-electron chi connectivity index (χ0n) is 15.7. The number of benzene rings is 1. The van der Waals surface area contributed by atoms with Crippen LogP contribution >= 0.6 is 0 Å². The van der Waals surface area contributed by atoms with Crippen LogP contribution in [-0.2, 0) is 4.79 Å². The van der Waals surface area contributed by atoms with Crippen LogP contribution in [0.1, 0.15) is 49.5 Å². The van der Waals surface area contributed by atoms with Crippen LogP contribution in [-0.4, -0.2) is 47.1 Å². The Balaban J connectivity index is 2.03. The van der Waals surface area contributed by atoms with Crippen LogP contribution in [0.2, 0.25) is 0 Å². The Morgan fingerprint density at radius 1 is 1.20 bits per heavy atom. The Hall–Kier alpha value is -1.88. The summed E-state index contributed by atoms with van der Waals surface area (Å²) >= 11 is 0. The van der Waals surface area contributed by atoms with Crippen molar-refractivity contribution in [3.63, 3.8) is 0 Å². The topological polar surface area (TPSA) is 69.6 Å². The fourth-order valence-corrected chi connectivity index (χ4v) is 3.32. The molecule has 2 N–H and O–H groups in total. The van der Waals surface area contributed by atoms with Crippen molar-refractivity contribution in [2.24, 2.45) is 11.8 Å². The summed E-state index contributed by atoms with van der Waals surface area (Å²) in [7, 11) is 0. The number of nitrogens with one attached hydrogen (secondary N) is 1. The fourth-order valence-electron chi connectivity index (χ4n) is 3.32. The van der Waals surface area contributed by atoms with E-state index in [9.17, 15) is 14.7 Å². The van der Waals surface area contributed by atoms with Crippen LogP contribution in [0, 0.1) is 18.8 Å². The maximum atomic E-state index is 12.9. The predicted molar refractivity (Wildman–Crippen MR) is 98.3 cm³/mol. The summed E-state index contributed by atoms with van der Waals surface area (Å²) in [5, 5.41) is 12.6. The third-order valence-corrected chi connectivity index (χ3v) is 5.03. The average molecular weight is 346 g/mol. The number of aliphatic hydroxyl groups is 1. The van der Waals surface area contributed by atoms with E-state index in [1.807, 2.05) is 43.9 Å². The van der Waals surface area contributed by atoms with Gasteiger partial charge >= 0.3 is 0 Å². The molecular formula is C20H30N2O3. The Kier molecular flexibility index (Phi) is 6.59. The molecular weight excluding hydrogens is 316 g/mol. The van der Waals surface area contributed by atoms with Gasteiger partial charge in [0.2, 0.25) is 5.91 Å². The molecule has 138 valence electrons. The molecule has 1 aliphatic heterocycles. The van der Waals surface area contributed by atoms with E-state index in [0.717, 1.165) is 18.4 Å². The summed E-state index contributed by atoms with van der Waals surface area (Å²) in [6, 6.07) is 6.84. The van der Waals surface area contributed by atoms with Gasteiger partial charge in [-0.15, -0.1) is 0 Å². The second-order valence-electron chi connectivity index (χ2n) is 7.47. The first kappa shape index (κ1) is 19.4. The summed E-state index contributed by atoms with van der Waals surface area (Å²) < 4.78 is 0. The maximum Gasteiger partial charge on any atom is 0.251 e. The third kappa shape index (κ3) is 5.05. The van der Waals surface area contributed by atoms with Gasteiger partial charge in [-0.25, -0.2) is 0 Å². The van der Waals surface area contributed by atoms with Crippen molar-refractivity contribution in [2.45, 2.75) is 52.7 Å². The number of carbonyl (C=O) groups is 2. The molecule has 2 amide bonds. The van der Waals surface area contributed by atoms with Gasteiger partial charge in [-0.3, -0.25) is 9.59 Å². The van der Waals surface area contributed by atoms with Crippen molar-refractivity contribution in [1.29, 1.82) is 0 Å². The molecule has 1 saturated heterocycles. The second kappa shape index (κ2) is 8.48. The number of rotatable bonds is 5. The lowest BCUT2D eigenvalue weighted by Crippen LogP contribution is -2.53. The maximum absolute atomic E-state index is 12.9. The first-order valence-electron chi connectivity index (χ1n) is 9.14. The molecule has 0 aliphatic carbocycles. The van der Waals surface area contributed by atoms with Crippen LogP contribution < -0.4 is 5.32 Å². The van der Waals surface area contributed by atoms with E-state index in [0.29, 0.717) is 18.7 Å². The molecule has 2 atom stereocenters. The molecule has 0 bridgehead atoms. The minimum Gasteiger partial charge on any atom is -0.393 e. The number of nitrogens with zero attached hydrogens (tertiary/aromatic N) is 1. The van der Waals surface area contributed by atoms with E-state index < -0.39 is 6.04 Å². The monoisotopic (exact) mass is 346 g/mol. The standard InChI is InChI=1S/C20H30N2O3/c1-13(2)18(21-19(24)17-7-5-6-14(3)12-17)20(25)22-10-8-16(9-11-22)15(4)23/h5-7,12-13,15-16,18,23H,8-11H2,1-4H3,(H,21,24). The molecule has 2 rings (SSSR count). The lowest BCUT2D eigenvalue weighted by Gasteiger charge is -2.36. The highest BCUT2D eigenvalue weighted by Crippen LogP contribution is 2.22. The van der Waals surface area contributed by atoms with Gasteiger partial charge in [0.05, 0.1) is 6.10 Å². The van der Waals surface area contributed by atoms with E-state index in [-0.39, 0.29) is 29.8 Å². The van der Waals surface area contributed by atoms with Crippen molar-refractivity contribution in [3.8, 4) is 0 Å². The number of hydrogen-bond donors (Lipinski definition) is 2. The van der Waals surface area contributed by atoms with Gasteiger partial charge in [0.1, 0.15) is 6.04 Å². The SMILES string of the molecule is Cc1cccc(C(=O)NC(C(=O)N2CCC(C(C)O)CC2)C(C)C)c1. The van der Waals surface area contributed by atoms with Gasteiger partial charge in [-0.1, -0.05) is 31.5 Å². The minimum atomic E-state index is -0.531. The smallest absolute Gasteiger partial charge is 0.251 e. The minimum absolute atomic E-state index is 0.00995. The zero-order chi connectivity index (χ0) is 18.6. The summed E-state index contributed by atoms with van der Waals surface area (Å²) in [5.74, 6) is 0.0221. The van der Waals surface area contributed by atoms with Crippen LogP contribution in [0.5, 0.6) is 0 Å². The molecule has 1 heterocycles. The van der Waals surface area contributed by atoms with E-state index in [4.69, 9.17) is 0 Å². The highest BCUT2D eigenvalue weighted by atomic mass is 16.3. The van der Waals surface area contributed by atoms with E-state index in [2.05, 4.69) is 5.32 Å². The number of aryl methyl sites for hydroxylation is 1. The van der Waals surface area contributed by atoms with Crippen molar-refractivity contribution in [3.05, 3.63) is 35.4 Å². The molecule has 5 heteroatoms. The number of carbonyl (C=O) groups excluding carboxylic acids is 2. The summed E-state index contributed by atoms with van der Waals surface area (Å²) in [4.78, 5) is 27.2. The molecule has 2 unspecified atom stereocenters. The second-order valence-corrected chi connectivity index (χ2v) is 7.47. The van der Waals surface area contributed by atoms with Gasteiger partial charge in [0.15, 0.2) is 0 Å². The average Bonchev–Trinajstić information content (AvgIpc) is 2.58. The Morgan fingerprint density at radius 3 is 2.36 bits per heavy atom. The molecule has 1 aromatic rings. The molecule has 25 heavy (non-hydrogen) atoms. The first-order chi connectivity index (χ1) is 11.8. The molecule has 5 nitrogen and oxygen atoms in total. The summed E-state index contributed by atoms with van der Waals surface area (Å²) in [5.41, 5.74) is 1.59. The van der Waals surface area contributed by atoms with Gasteiger partial charge in [0.25, 0.3) is 5.91 Å². The van der Waals surface area contributed by atoms with Crippen molar-refractivity contribution in [2.75, 3.05) is 13.1 Å². The van der Waals surface area contributed by atoms with Crippen LogP contribution in [0.4, 0.5) is 0 Å². The predicted octanol–water partition coefficient (Wildman–Crippen LogP) is 2.37. The highest BCUT2D eigenvalue weighted by molar-refractivity contribution is 5.97. The number of likely N-dealkylation sites (tertiary alicyclic amines) is 1. The third-order valence-electron chi connectivity index (χ3n) is 5.03. The first-order valence-corrected chi connectivity index (χ1v) is 9.14. The molecule has 1 aliphatic rings. The van der Waals surface area contributed by atoms with Gasteiger partial charge in [-0.05, 0) is 50.7 Å². The molecule has 0 spiro atoms. The van der Waals surface area contributed by atoms with Crippen molar-refractivity contribution < 1.29 is 14.7 Å². The number of aliphatic hydroxyl groups excluding tert-OH is 1. The molecule has 0 radical (unpaired) electrons. The summed E-state index contributed by atoms with van der Waals surface area (Å²) in [6.45, 7) is 8.91. The normalized spacial score (nSPS) is 18.1. The lowest BCUT2D eigenvalue weighted by atomic mass is 9.91. The van der Waals surface area contributed by atoms with E-state index in [1.54, 1.807) is 13.0 Å². The Morgan fingerprint density at radius 2 is 1.84 bits per heavy atom. The number of amides is 2. The largest absolute Gasteiger partial charge is 0.393 e. The van der Waals surface area contributed by atoms with E-state index >= 15 is 0 Å². The summed E-state index contributed by atoms with van der Waals surface area (Å²) in [6.07, 6.45) is 1.28. The van der Waals surface area contributed by atoms with Crippen LogP contribution in [0.25, 0.3) is 0 Å². The molecule has 0 aromatic heterocycles. The highest BCUT2D eigenvalue weighted by Gasteiger charge is 2.32. The van der Waals surface area contributed by atoms with Gasteiger partial charge < -0.3 is 15.3 Å². The van der Waals surface area contributed by atoms with Crippen LogP contribution in [0.15, 0.2) is 24.3 Å². The van der Waals surface area contributed by atoms with Crippen LogP contribution in [0.3, 0.4) is 0 Å². The van der Waals surface area contributed by atoms with E-state index in [1.165, 1.54) is 0 Å². The Bertz CT molecular complexity index is 605. The molecule has 0 saturated carbocycles. The lowest BCUT2D eigenvalue weighted by molar-refractivity contribution is -0.136.